The number of hydrogen-bond acceptors (Lipinski definition) is 3. The lowest BCUT2D eigenvalue weighted by atomic mass is 9.95. The third kappa shape index (κ3) is 4.29. The first-order valence-corrected chi connectivity index (χ1v) is 8.46. The van der Waals surface area contributed by atoms with Crippen LogP contribution in [0.1, 0.15) is 30.4 Å². The number of aromatic nitrogens is 2. The lowest BCUT2D eigenvalue weighted by Gasteiger charge is -2.15. The number of carbonyl (C=O) groups is 1. The van der Waals surface area contributed by atoms with Gasteiger partial charge in [0.05, 0.1) is 11.6 Å². The van der Waals surface area contributed by atoms with Crippen molar-refractivity contribution in [1.29, 1.82) is 0 Å². The summed E-state index contributed by atoms with van der Waals surface area (Å²) in [6.07, 6.45) is 6.04. The molecule has 0 aliphatic heterocycles. The maximum atomic E-state index is 12.6. The molecular weight excluding hydrogens is 310 g/mol. The molecule has 3 aromatic rings. The van der Waals surface area contributed by atoms with Gasteiger partial charge in [0.25, 0.3) is 0 Å². The normalized spacial score (nSPS) is 11.7. The van der Waals surface area contributed by atoms with Gasteiger partial charge < -0.3 is 5.32 Å². The Morgan fingerprint density at radius 1 is 1.04 bits per heavy atom. The average Bonchev–Trinajstić information content (AvgIpc) is 2.69. The third-order valence-corrected chi connectivity index (χ3v) is 4.19. The van der Waals surface area contributed by atoms with Crippen molar-refractivity contribution in [2.75, 3.05) is 0 Å². The first-order chi connectivity index (χ1) is 12.3. The smallest absolute Gasteiger partial charge is 0.227 e. The molecule has 0 unspecified atom stereocenters. The molecule has 1 amide bonds. The molecule has 0 aliphatic rings. The first-order valence-electron chi connectivity index (χ1n) is 8.46. The van der Waals surface area contributed by atoms with Crippen LogP contribution in [0.2, 0.25) is 0 Å². The highest BCUT2D eigenvalue weighted by Gasteiger charge is 2.17. The number of amides is 1. The fourth-order valence-electron chi connectivity index (χ4n) is 2.83. The van der Waals surface area contributed by atoms with E-state index in [2.05, 4.69) is 15.3 Å². The molecular formula is C21H21N3O. The molecule has 3 rings (SSSR count). The summed E-state index contributed by atoms with van der Waals surface area (Å²) in [7, 11) is 0. The van der Waals surface area contributed by atoms with E-state index in [4.69, 9.17) is 0 Å². The molecule has 0 saturated heterocycles. The molecule has 4 nitrogen and oxygen atoms in total. The van der Waals surface area contributed by atoms with Gasteiger partial charge in [0, 0.05) is 30.7 Å². The van der Waals surface area contributed by atoms with E-state index in [1.54, 1.807) is 18.6 Å². The predicted molar refractivity (Wildman–Crippen MR) is 98.8 cm³/mol. The highest BCUT2D eigenvalue weighted by atomic mass is 16.1. The van der Waals surface area contributed by atoms with E-state index in [0.717, 1.165) is 28.8 Å². The van der Waals surface area contributed by atoms with Crippen LogP contribution in [0.3, 0.4) is 0 Å². The Labute approximate surface area is 148 Å². The largest absolute Gasteiger partial charge is 0.351 e. The number of carbonyl (C=O) groups excluding carboxylic acids is 1. The lowest BCUT2D eigenvalue weighted by Crippen LogP contribution is -2.28. The molecule has 0 aliphatic carbocycles. The number of hydrogen-bond donors (Lipinski definition) is 1. The van der Waals surface area contributed by atoms with Crippen molar-refractivity contribution in [3.63, 3.8) is 0 Å². The SMILES string of the molecule is CC[C@@H](C(=O)NCc1ccnc(-c2ccncc2)c1)c1ccccc1. The Hall–Kier alpha value is -3.01. The molecule has 1 N–H and O–H groups in total. The summed E-state index contributed by atoms with van der Waals surface area (Å²) in [6, 6.07) is 17.7. The van der Waals surface area contributed by atoms with Crippen LogP contribution in [0, 0.1) is 0 Å². The maximum absolute atomic E-state index is 12.6. The second kappa shape index (κ2) is 8.20. The van der Waals surface area contributed by atoms with Gasteiger partial charge in [0.15, 0.2) is 0 Å². The van der Waals surface area contributed by atoms with E-state index in [-0.39, 0.29) is 11.8 Å². The van der Waals surface area contributed by atoms with E-state index < -0.39 is 0 Å². The molecule has 25 heavy (non-hydrogen) atoms. The second-order valence-electron chi connectivity index (χ2n) is 5.87. The summed E-state index contributed by atoms with van der Waals surface area (Å²) >= 11 is 0. The highest BCUT2D eigenvalue weighted by molar-refractivity contribution is 5.83. The molecule has 1 aromatic carbocycles. The first kappa shape index (κ1) is 16.8. The van der Waals surface area contributed by atoms with Crippen molar-refractivity contribution in [3.05, 3.63) is 84.3 Å². The third-order valence-electron chi connectivity index (χ3n) is 4.19. The van der Waals surface area contributed by atoms with Crippen molar-refractivity contribution in [2.45, 2.75) is 25.8 Å². The molecule has 0 fully saturated rings. The summed E-state index contributed by atoms with van der Waals surface area (Å²) in [5.41, 5.74) is 3.97. The molecule has 2 heterocycles. The van der Waals surface area contributed by atoms with Crippen molar-refractivity contribution in [2.24, 2.45) is 0 Å². The monoisotopic (exact) mass is 331 g/mol. The summed E-state index contributed by atoms with van der Waals surface area (Å²) < 4.78 is 0. The Morgan fingerprint density at radius 2 is 1.80 bits per heavy atom. The minimum atomic E-state index is -0.122. The lowest BCUT2D eigenvalue weighted by molar-refractivity contribution is -0.122. The van der Waals surface area contributed by atoms with Crippen molar-refractivity contribution < 1.29 is 4.79 Å². The summed E-state index contributed by atoms with van der Waals surface area (Å²) in [5, 5.41) is 3.05. The summed E-state index contributed by atoms with van der Waals surface area (Å²) in [6.45, 7) is 2.52. The van der Waals surface area contributed by atoms with Gasteiger partial charge in [-0.25, -0.2) is 0 Å². The van der Waals surface area contributed by atoms with Crippen molar-refractivity contribution >= 4 is 5.91 Å². The fraction of sp³-hybridized carbons (Fsp3) is 0.190. The zero-order valence-electron chi connectivity index (χ0n) is 14.2. The van der Waals surface area contributed by atoms with Gasteiger partial charge in [-0.3, -0.25) is 14.8 Å². The van der Waals surface area contributed by atoms with Gasteiger partial charge in [0.1, 0.15) is 0 Å². The van der Waals surface area contributed by atoms with E-state index in [9.17, 15) is 4.79 Å². The number of rotatable bonds is 6. The number of nitrogens with zero attached hydrogens (tertiary/aromatic N) is 2. The molecule has 0 radical (unpaired) electrons. The molecule has 2 aromatic heterocycles. The number of benzene rings is 1. The Bertz CT molecular complexity index is 819. The van der Waals surface area contributed by atoms with Crippen LogP contribution >= 0.6 is 0 Å². The van der Waals surface area contributed by atoms with Gasteiger partial charge in [-0.2, -0.15) is 0 Å². The Morgan fingerprint density at radius 3 is 2.52 bits per heavy atom. The van der Waals surface area contributed by atoms with Gasteiger partial charge in [0.2, 0.25) is 5.91 Å². The van der Waals surface area contributed by atoms with Crippen LogP contribution < -0.4 is 5.32 Å². The van der Waals surface area contributed by atoms with E-state index in [1.165, 1.54) is 0 Å². The minimum absolute atomic E-state index is 0.0518. The quantitative estimate of drug-likeness (QED) is 0.744. The number of pyridine rings is 2. The highest BCUT2D eigenvalue weighted by Crippen LogP contribution is 2.20. The Balaban J connectivity index is 1.68. The zero-order valence-corrected chi connectivity index (χ0v) is 14.2. The number of nitrogens with one attached hydrogen (secondary N) is 1. The van der Waals surface area contributed by atoms with E-state index >= 15 is 0 Å². The van der Waals surface area contributed by atoms with E-state index in [0.29, 0.717) is 6.54 Å². The van der Waals surface area contributed by atoms with Gasteiger partial charge in [-0.15, -0.1) is 0 Å². The molecule has 1 atom stereocenters. The van der Waals surface area contributed by atoms with Gasteiger partial charge in [-0.1, -0.05) is 37.3 Å². The standard InChI is InChI=1S/C21H21N3O/c1-2-19(17-6-4-3-5-7-17)21(25)24-15-16-8-13-23-20(14-16)18-9-11-22-12-10-18/h3-14,19H,2,15H2,1H3,(H,24,25)/t19-/m1/s1. The van der Waals surface area contributed by atoms with Crippen molar-refractivity contribution in [1.82, 2.24) is 15.3 Å². The van der Waals surface area contributed by atoms with Crippen molar-refractivity contribution in [3.8, 4) is 11.3 Å². The van der Waals surface area contributed by atoms with Crippen LogP contribution in [0.5, 0.6) is 0 Å². The molecule has 4 heteroatoms. The summed E-state index contributed by atoms with van der Waals surface area (Å²) in [5.74, 6) is -0.0707. The second-order valence-corrected chi connectivity index (χ2v) is 5.87. The van der Waals surface area contributed by atoms with E-state index in [1.807, 2.05) is 61.5 Å². The fourth-order valence-corrected chi connectivity index (χ4v) is 2.83. The topological polar surface area (TPSA) is 54.9 Å². The molecule has 0 bridgehead atoms. The average molecular weight is 331 g/mol. The van der Waals surface area contributed by atoms with Gasteiger partial charge >= 0.3 is 0 Å². The predicted octanol–water partition coefficient (Wildman–Crippen LogP) is 3.95. The zero-order chi connectivity index (χ0) is 17.5. The van der Waals surface area contributed by atoms with Crippen LogP contribution in [0.4, 0.5) is 0 Å². The van der Waals surface area contributed by atoms with Crippen LogP contribution in [0.15, 0.2) is 73.2 Å². The van der Waals surface area contributed by atoms with Crippen LogP contribution in [-0.2, 0) is 11.3 Å². The molecule has 126 valence electrons. The molecule has 0 saturated carbocycles. The van der Waals surface area contributed by atoms with Crippen LogP contribution in [0.25, 0.3) is 11.3 Å². The maximum Gasteiger partial charge on any atom is 0.227 e. The Kier molecular flexibility index (Phi) is 5.52. The van der Waals surface area contributed by atoms with Crippen LogP contribution in [-0.4, -0.2) is 15.9 Å². The molecule has 0 spiro atoms. The minimum Gasteiger partial charge on any atom is -0.351 e. The summed E-state index contributed by atoms with van der Waals surface area (Å²) in [4.78, 5) is 21.0. The van der Waals surface area contributed by atoms with Gasteiger partial charge in [-0.05, 0) is 41.8 Å².